The van der Waals surface area contributed by atoms with Crippen molar-refractivity contribution in [3.63, 3.8) is 0 Å². The number of benzene rings is 2. The summed E-state index contributed by atoms with van der Waals surface area (Å²) in [5, 5.41) is 14.5. The van der Waals surface area contributed by atoms with E-state index in [4.69, 9.17) is 9.84 Å². The van der Waals surface area contributed by atoms with Gasteiger partial charge in [-0.25, -0.2) is 4.79 Å². The van der Waals surface area contributed by atoms with Gasteiger partial charge in [0.2, 0.25) is 5.91 Å². The fourth-order valence-corrected chi connectivity index (χ4v) is 4.30. The first kappa shape index (κ1) is 24.3. The van der Waals surface area contributed by atoms with E-state index in [0.29, 0.717) is 19.4 Å². The van der Waals surface area contributed by atoms with E-state index in [1.165, 1.54) is 11.1 Å². The summed E-state index contributed by atoms with van der Waals surface area (Å²) in [7, 11) is 0. The number of ether oxygens (including phenoxy) is 1. The second-order valence-electron chi connectivity index (χ2n) is 8.53. The van der Waals surface area contributed by atoms with Crippen LogP contribution in [0.4, 0.5) is 4.79 Å². The van der Waals surface area contributed by atoms with Crippen molar-refractivity contribution in [3.8, 4) is 11.1 Å². The van der Waals surface area contributed by atoms with Crippen molar-refractivity contribution in [2.45, 2.75) is 51.5 Å². The zero-order valence-electron chi connectivity index (χ0n) is 19.2. The summed E-state index contributed by atoms with van der Waals surface area (Å²) in [6, 6.07) is 15.9. The van der Waals surface area contributed by atoms with Gasteiger partial charge in [-0.3, -0.25) is 9.59 Å². The maximum atomic E-state index is 12.4. The SMILES string of the molecule is CCC[C@H](CC(=O)O)NC(=O)C(C)CCNC(=O)OCC1c2ccccc2-c2ccccc21. The first-order valence-corrected chi connectivity index (χ1v) is 11.5. The minimum atomic E-state index is -0.932. The van der Waals surface area contributed by atoms with Crippen LogP contribution in [0.15, 0.2) is 48.5 Å². The predicted molar refractivity (Wildman–Crippen MR) is 126 cm³/mol. The van der Waals surface area contributed by atoms with Crippen LogP contribution < -0.4 is 10.6 Å². The van der Waals surface area contributed by atoms with Gasteiger partial charge in [0.25, 0.3) is 0 Å². The van der Waals surface area contributed by atoms with E-state index >= 15 is 0 Å². The highest BCUT2D eigenvalue weighted by Crippen LogP contribution is 2.44. The van der Waals surface area contributed by atoms with Crippen LogP contribution in [0.25, 0.3) is 11.1 Å². The van der Waals surface area contributed by atoms with Crippen LogP contribution in [0.3, 0.4) is 0 Å². The van der Waals surface area contributed by atoms with Crippen LogP contribution in [0.1, 0.15) is 56.6 Å². The Balaban J connectivity index is 1.45. The standard InChI is InChI=1S/C26H32N2O5/c1-3-8-18(15-24(29)30)28-25(31)17(2)13-14-27-26(32)33-16-23-21-11-6-4-9-19(21)20-10-5-7-12-22(20)23/h4-7,9-12,17-18,23H,3,8,13-16H2,1-2H3,(H,27,32)(H,28,31)(H,29,30)/t17?,18-/m1/s1. The molecule has 33 heavy (non-hydrogen) atoms. The Morgan fingerprint density at radius 2 is 1.61 bits per heavy atom. The van der Waals surface area contributed by atoms with Crippen molar-refractivity contribution in [3.05, 3.63) is 59.7 Å². The molecule has 2 atom stereocenters. The third kappa shape index (κ3) is 6.34. The minimum absolute atomic E-state index is 0.00224. The number of nitrogens with one attached hydrogen (secondary N) is 2. The Labute approximate surface area is 194 Å². The molecule has 7 heteroatoms. The van der Waals surface area contributed by atoms with E-state index in [2.05, 4.69) is 34.9 Å². The molecule has 0 saturated carbocycles. The van der Waals surface area contributed by atoms with Crippen LogP contribution in [-0.4, -0.2) is 42.3 Å². The van der Waals surface area contributed by atoms with Crippen LogP contribution in [0.2, 0.25) is 0 Å². The van der Waals surface area contributed by atoms with Crippen LogP contribution in [-0.2, 0) is 14.3 Å². The lowest BCUT2D eigenvalue weighted by atomic mass is 9.98. The fourth-order valence-electron chi connectivity index (χ4n) is 4.30. The van der Waals surface area contributed by atoms with Crippen LogP contribution in [0, 0.1) is 5.92 Å². The van der Waals surface area contributed by atoms with E-state index in [0.717, 1.165) is 17.5 Å². The number of carboxylic acid groups (broad SMARTS) is 1. The monoisotopic (exact) mass is 452 g/mol. The molecule has 0 fully saturated rings. The van der Waals surface area contributed by atoms with E-state index in [1.54, 1.807) is 6.92 Å². The molecule has 2 amide bonds. The Morgan fingerprint density at radius 3 is 2.18 bits per heavy atom. The molecule has 3 rings (SSSR count). The van der Waals surface area contributed by atoms with Crippen molar-refractivity contribution in [2.75, 3.05) is 13.2 Å². The number of carbonyl (C=O) groups excluding carboxylic acids is 2. The van der Waals surface area contributed by atoms with Gasteiger partial charge >= 0.3 is 12.1 Å². The van der Waals surface area contributed by atoms with Gasteiger partial charge in [0.05, 0.1) is 6.42 Å². The lowest BCUT2D eigenvalue weighted by Gasteiger charge is -2.19. The number of carbonyl (C=O) groups is 3. The molecular weight excluding hydrogens is 420 g/mol. The predicted octanol–water partition coefficient (Wildman–Crippen LogP) is 4.31. The Kier molecular flexibility index (Phi) is 8.46. The molecule has 176 valence electrons. The summed E-state index contributed by atoms with van der Waals surface area (Å²) in [5.41, 5.74) is 4.65. The zero-order chi connectivity index (χ0) is 23.8. The van der Waals surface area contributed by atoms with Gasteiger partial charge in [-0.15, -0.1) is 0 Å². The van der Waals surface area contributed by atoms with Gasteiger partial charge in [-0.2, -0.15) is 0 Å². The molecule has 0 bridgehead atoms. The van der Waals surface area contributed by atoms with Crippen molar-refractivity contribution in [2.24, 2.45) is 5.92 Å². The first-order valence-electron chi connectivity index (χ1n) is 11.5. The number of amides is 2. The normalized spacial score (nSPS) is 14.0. The van der Waals surface area contributed by atoms with Crippen molar-refractivity contribution in [1.82, 2.24) is 10.6 Å². The first-order chi connectivity index (χ1) is 15.9. The summed E-state index contributed by atoms with van der Waals surface area (Å²) in [6.07, 6.45) is 1.23. The summed E-state index contributed by atoms with van der Waals surface area (Å²) in [5.74, 6) is -1.49. The summed E-state index contributed by atoms with van der Waals surface area (Å²) in [6.45, 7) is 4.24. The fraction of sp³-hybridized carbons (Fsp3) is 0.423. The molecule has 1 aliphatic carbocycles. The molecule has 0 aliphatic heterocycles. The number of alkyl carbamates (subject to hydrolysis) is 1. The Hall–Kier alpha value is -3.35. The van der Waals surface area contributed by atoms with Gasteiger partial charge in [-0.1, -0.05) is 68.8 Å². The topological polar surface area (TPSA) is 105 Å². The van der Waals surface area contributed by atoms with Gasteiger partial charge in [0.1, 0.15) is 6.61 Å². The average molecular weight is 453 g/mol. The lowest BCUT2D eigenvalue weighted by molar-refractivity contribution is -0.137. The Morgan fingerprint density at radius 1 is 1.00 bits per heavy atom. The molecule has 0 aromatic heterocycles. The highest BCUT2D eigenvalue weighted by Gasteiger charge is 2.29. The molecular formula is C26H32N2O5. The number of carboxylic acids is 1. The molecule has 3 N–H and O–H groups in total. The number of aliphatic carboxylic acids is 1. The van der Waals surface area contributed by atoms with Gasteiger partial charge in [-0.05, 0) is 35.1 Å². The van der Waals surface area contributed by atoms with E-state index in [9.17, 15) is 14.4 Å². The number of fused-ring (bicyclic) bond motifs is 3. The van der Waals surface area contributed by atoms with Gasteiger partial charge in [0, 0.05) is 24.4 Å². The molecule has 0 spiro atoms. The number of hydrogen-bond donors (Lipinski definition) is 3. The largest absolute Gasteiger partial charge is 0.481 e. The van der Waals surface area contributed by atoms with Gasteiger partial charge < -0.3 is 20.5 Å². The maximum Gasteiger partial charge on any atom is 0.407 e. The van der Waals surface area contributed by atoms with E-state index in [1.807, 2.05) is 31.2 Å². The smallest absolute Gasteiger partial charge is 0.407 e. The second-order valence-corrected chi connectivity index (χ2v) is 8.53. The third-order valence-electron chi connectivity index (χ3n) is 6.04. The molecule has 0 saturated heterocycles. The molecule has 0 heterocycles. The average Bonchev–Trinajstić information content (AvgIpc) is 3.11. The molecule has 2 aromatic carbocycles. The van der Waals surface area contributed by atoms with Crippen LogP contribution in [0.5, 0.6) is 0 Å². The highest BCUT2D eigenvalue weighted by atomic mass is 16.5. The Bertz CT molecular complexity index is 945. The van der Waals surface area contributed by atoms with Crippen LogP contribution >= 0.6 is 0 Å². The number of hydrogen-bond acceptors (Lipinski definition) is 4. The van der Waals surface area contributed by atoms with Crippen molar-refractivity contribution >= 4 is 18.0 Å². The highest BCUT2D eigenvalue weighted by molar-refractivity contribution is 5.80. The molecule has 7 nitrogen and oxygen atoms in total. The summed E-state index contributed by atoms with van der Waals surface area (Å²) < 4.78 is 5.51. The van der Waals surface area contributed by atoms with E-state index in [-0.39, 0.29) is 36.8 Å². The lowest BCUT2D eigenvalue weighted by Crippen LogP contribution is -2.40. The summed E-state index contributed by atoms with van der Waals surface area (Å²) in [4.78, 5) is 35.6. The molecule has 2 aromatic rings. The third-order valence-corrected chi connectivity index (χ3v) is 6.04. The van der Waals surface area contributed by atoms with Gasteiger partial charge in [0.15, 0.2) is 0 Å². The second kappa shape index (κ2) is 11.5. The minimum Gasteiger partial charge on any atom is -0.481 e. The molecule has 0 radical (unpaired) electrons. The van der Waals surface area contributed by atoms with E-state index < -0.39 is 12.1 Å². The van der Waals surface area contributed by atoms with Crippen molar-refractivity contribution < 1.29 is 24.2 Å². The maximum absolute atomic E-state index is 12.4. The number of rotatable bonds is 11. The summed E-state index contributed by atoms with van der Waals surface area (Å²) >= 11 is 0. The zero-order valence-corrected chi connectivity index (χ0v) is 19.2. The molecule has 1 aliphatic rings. The molecule has 1 unspecified atom stereocenters. The quantitative estimate of drug-likeness (QED) is 0.471. The van der Waals surface area contributed by atoms with Crippen molar-refractivity contribution in [1.29, 1.82) is 0 Å².